The molecule has 178 valence electrons. The van der Waals surface area contributed by atoms with Gasteiger partial charge in [0.1, 0.15) is 23.5 Å². The first-order chi connectivity index (χ1) is 16.9. The minimum absolute atomic E-state index is 0.140. The fraction of sp³-hybridized carbons (Fsp3) is 0.200. The number of benzene rings is 3. The van der Waals surface area contributed by atoms with E-state index in [4.69, 9.17) is 14.3 Å². The summed E-state index contributed by atoms with van der Waals surface area (Å²) in [5.74, 6) is -0.837. The van der Waals surface area contributed by atoms with Gasteiger partial charge in [0, 0.05) is 17.7 Å². The first-order valence-electron chi connectivity index (χ1n) is 10.8. The molecule has 0 N–H and O–H groups in total. The monoisotopic (exact) mass is 475 g/mol. The minimum atomic E-state index is -1.08. The zero-order valence-corrected chi connectivity index (χ0v) is 18.9. The zero-order valence-electron chi connectivity index (χ0n) is 18.9. The maximum atomic E-state index is 13.7. The molecule has 2 aliphatic rings. The van der Waals surface area contributed by atoms with Gasteiger partial charge in [0.05, 0.1) is 30.5 Å². The molecule has 0 aliphatic carbocycles. The molecule has 2 aliphatic heterocycles. The number of amides is 2. The van der Waals surface area contributed by atoms with Gasteiger partial charge in [-0.2, -0.15) is 0 Å². The molecule has 3 aromatic carbocycles. The highest BCUT2D eigenvalue weighted by Crippen LogP contribution is 2.50. The highest BCUT2D eigenvalue weighted by Gasteiger charge is 2.60. The molecule has 10 nitrogen and oxygen atoms in total. The van der Waals surface area contributed by atoms with Gasteiger partial charge in [0.2, 0.25) is 5.91 Å². The van der Waals surface area contributed by atoms with Crippen LogP contribution in [0, 0.1) is 16.0 Å². The van der Waals surface area contributed by atoms with Crippen LogP contribution in [0.15, 0.2) is 72.8 Å². The fourth-order valence-electron chi connectivity index (χ4n) is 4.58. The van der Waals surface area contributed by atoms with E-state index in [2.05, 4.69) is 0 Å². The summed E-state index contributed by atoms with van der Waals surface area (Å²) < 4.78 is 11.0. The molecule has 2 heterocycles. The van der Waals surface area contributed by atoms with Crippen molar-refractivity contribution >= 4 is 28.9 Å². The Morgan fingerprint density at radius 3 is 2.23 bits per heavy atom. The first-order valence-corrected chi connectivity index (χ1v) is 10.8. The van der Waals surface area contributed by atoms with E-state index in [0.29, 0.717) is 22.7 Å². The van der Waals surface area contributed by atoms with Gasteiger partial charge >= 0.3 is 0 Å². The quantitative estimate of drug-likeness (QED) is 0.302. The number of rotatable bonds is 6. The van der Waals surface area contributed by atoms with Crippen LogP contribution in [0.4, 0.5) is 17.1 Å². The smallest absolute Gasteiger partial charge is 0.269 e. The van der Waals surface area contributed by atoms with Crippen LogP contribution in [0.25, 0.3) is 0 Å². The summed E-state index contributed by atoms with van der Waals surface area (Å²) in [5.41, 5.74) is 1.39. The van der Waals surface area contributed by atoms with E-state index in [1.165, 1.54) is 38.5 Å². The van der Waals surface area contributed by atoms with E-state index in [9.17, 15) is 19.7 Å². The van der Waals surface area contributed by atoms with E-state index in [-0.39, 0.29) is 11.4 Å². The lowest BCUT2D eigenvalue weighted by molar-refractivity contribution is -0.384. The Balaban J connectivity index is 1.60. The number of ether oxygens (including phenoxy) is 2. The molecule has 2 saturated heterocycles. The van der Waals surface area contributed by atoms with Gasteiger partial charge in [-0.3, -0.25) is 24.5 Å². The van der Waals surface area contributed by atoms with E-state index < -0.39 is 34.8 Å². The summed E-state index contributed by atoms with van der Waals surface area (Å²) in [5, 5.41) is 12.6. The molecule has 0 aromatic heterocycles. The fourth-order valence-corrected chi connectivity index (χ4v) is 4.58. The number of carbonyl (C=O) groups is 2. The molecule has 0 bridgehead atoms. The second-order valence-corrected chi connectivity index (χ2v) is 8.05. The van der Waals surface area contributed by atoms with Gasteiger partial charge in [0.15, 0.2) is 6.10 Å². The maximum Gasteiger partial charge on any atom is 0.269 e. The Kier molecular flexibility index (Phi) is 5.58. The van der Waals surface area contributed by atoms with Gasteiger partial charge in [-0.1, -0.05) is 18.2 Å². The van der Waals surface area contributed by atoms with Crippen LogP contribution in [0.5, 0.6) is 11.5 Å². The number of hydrogen-bond acceptors (Lipinski definition) is 8. The predicted molar refractivity (Wildman–Crippen MR) is 125 cm³/mol. The van der Waals surface area contributed by atoms with Crippen LogP contribution in [-0.4, -0.2) is 37.1 Å². The number of nitrogens with zero attached hydrogens (tertiary/aromatic N) is 3. The van der Waals surface area contributed by atoms with Crippen molar-refractivity contribution in [3.8, 4) is 11.5 Å². The lowest BCUT2D eigenvalue weighted by atomic mass is 9.89. The molecule has 0 unspecified atom stereocenters. The third kappa shape index (κ3) is 3.64. The molecule has 2 fully saturated rings. The lowest BCUT2D eigenvalue weighted by Crippen LogP contribution is -2.37. The normalized spacial score (nSPS) is 21.3. The third-order valence-corrected chi connectivity index (χ3v) is 6.20. The standard InChI is InChI=1S/C25H21N3O7/c1-33-18-12-13-20(34-2)19(14-18)22-21-23(35-27(22)16-6-4-3-5-7-16)25(30)26(24(21)29)15-8-10-17(11-9-15)28(31)32/h3-14,21-23H,1-2H3/t21-,22-,23+/m0/s1. The number of fused-ring (bicyclic) bond motifs is 1. The van der Waals surface area contributed by atoms with Crippen molar-refractivity contribution in [1.29, 1.82) is 0 Å². The molecular formula is C25H21N3O7. The van der Waals surface area contributed by atoms with Gasteiger partial charge < -0.3 is 9.47 Å². The average Bonchev–Trinajstić information content (AvgIpc) is 3.39. The van der Waals surface area contributed by atoms with E-state index >= 15 is 0 Å². The van der Waals surface area contributed by atoms with Crippen LogP contribution < -0.4 is 19.4 Å². The van der Waals surface area contributed by atoms with E-state index in [0.717, 1.165) is 4.90 Å². The topological polar surface area (TPSA) is 111 Å². The summed E-state index contributed by atoms with van der Waals surface area (Å²) in [6.07, 6.45) is -1.08. The molecule has 5 rings (SSSR count). The number of anilines is 2. The molecule has 0 radical (unpaired) electrons. The SMILES string of the molecule is COc1ccc(OC)c([C@H]2[C@@H]3C(=O)N(c4ccc([N+](=O)[O-])cc4)C(=O)[C@@H]3ON2c2ccccc2)c1. The Morgan fingerprint density at radius 1 is 0.886 bits per heavy atom. The van der Waals surface area contributed by atoms with E-state index in [1.54, 1.807) is 23.3 Å². The molecular weight excluding hydrogens is 454 g/mol. The molecule has 35 heavy (non-hydrogen) atoms. The Labute approximate surface area is 200 Å². The van der Waals surface area contributed by atoms with Crippen molar-refractivity contribution in [3.05, 3.63) is 88.5 Å². The van der Waals surface area contributed by atoms with Crippen LogP contribution >= 0.6 is 0 Å². The highest BCUT2D eigenvalue weighted by atomic mass is 16.7. The molecule has 0 spiro atoms. The molecule has 3 aromatic rings. The number of nitro benzene ring substituents is 1. The zero-order chi connectivity index (χ0) is 24.7. The lowest BCUT2D eigenvalue weighted by Gasteiger charge is -2.29. The molecule has 0 saturated carbocycles. The Morgan fingerprint density at radius 2 is 1.60 bits per heavy atom. The van der Waals surface area contributed by atoms with Crippen molar-refractivity contribution in [3.63, 3.8) is 0 Å². The Bertz CT molecular complexity index is 1300. The van der Waals surface area contributed by atoms with Crippen molar-refractivity contribution in [2.24, 2.45) is 5.92 Å². The number of carbonyl (C=O) groups excluding carboxylic acids is 2. The molecule has 3 atom stereocenters. The number of imide groups is 1. The average molecular weight is 475 g/mol. The summed E-state index contributed by atoms with van der Waals surface area (Å²) in [7, 11) is 3.06. The van der Waals surface area contributed by atoms with Crippen LogP contribution in [0.3, 0.4) is 0 Å². The number of nitro groups is 1. The summed E-state index contributed by atoms with van der Waals surface area (Å²) in [6, 6.07) is 19.0. The van der Waals surface area contributed by atoms with Crippen molar-refractivity contribution < 1.29 is 28.8 Å². The second kappa shape index (κ2) is 8.73. The number of methoxy groups -OCH3 is 2. The van der Waals surface area contributed by atoms with Gasteiger partial charge in [-0.15, -0.1) is 0 Å². The summed E-state index contributed by atoms with van der Waals surface area (Å²) in [4.78, 5) is 44.8. The largest absolute Gasteiger partial charge is 0.497 e. The summed E-state index contributed by atoms with van der Waals surface area (Å²) >= 11 is 0. The van der Waals surface area contributed by atoms with Crippen molar-refractivity contribution in [1.82, 2.24) is 0 Å². The van der Waals surface area contributed by atoms with Gasteiger partial charge in [-0.25, -0.2) is 9.96 Å². The summed E-state index contributed by atoms with van der Waals surface area (Å²) in [6.45, 7) is 0. The number of non-ortho nitro benzene ring substituents is 1. The molecule has 10 heteroatoms. The number of hydroxylamine groups is 1. The number of hydrogen-bond donors (Lipinski definition) is 0. The highest BCUT2D eigenvalue weighted by molar-refractivity contribution is 6.24. The van der Waals surface area contributed by atoms with Crippen LogP contribution in [0.1, 0.15) is 11.6 Å². The van der Waals surface area contributed by atoms with Crippen molar-refractivity contribution in [2.45, 2.75) is 12.1 Å². The van der Waals surface area contributed by atoms with Crippen molar-refractivity contribution in [2.75, 3.05) is 24.2 Å². The Hall–Kier alpha value is -4.44. The third-order valence-electron chi connectivity index (χ3n) is 6.20. The van der Waals surface area contributed by atoms with Crippen LogP contribution in [-0.2, 0) is 14.4 Å². The molecule has 2 amide bonds. The first kappa shape index (κ1) is 22.4. The van der Waals surface area contributed by atoms with Gasteiger partial charge in [-0.05, 0) is 42.5 Å². The van der Waals surface area contributed by atoms with Crippen LogP contribution in [0.2, 0.25) is 0 Å². The van der Waals surface area contributed by atoms with E-state index in [1.807, 2.05) is 30.3 Å². The number of para-hydroxylation sites is 1. The minimum Gasteiger partial charge on any atom is -0.497 e. The van der Waals surface area contributed by atoms with Gasteiger partial charge in [0.25, 0.3) is 11.6 Å². The second-order valence-electron chi connectivity index (χ2n) is 8.05. The predicted octanol–water partition coefficient (Wildman–Crippen LogP) is 3.66. The maximum absolute atomic E-state index is 13.7.